The van der Waals surface area contributed by atoms with Crippen molar-refractivity contribution in [3.8, 4) is 0 Å². The molecule has 0 bridgehead atoms. The van der Waals surface area contributed by atoms with Gasteiger partial charge >= 0.3 is 0 Å². The van der Waals surface area contributed by atoms with Crippen molar-refractivity contribution in [3.63, 3.8) is 0 Å². The molecule has 0 aliphatic carbocycles. The zero-order chi connectivity index (χ0) is 39.1. The van der Waals surface area contributed by atoms with Crippen LogP contribution in [0.1, 0.15) is 168 Å². The summed E-state index contributed by atoms with van der Waals surface area (Å²) < 4.78 is 11.1. The van der Waals surface area contributed by atoms with Gasteiger partial charge in [0, 0.05) is 0 Å². The number of allylic oxidation sites excluding steroid dienone is 4. The van der Waals surface area contributed by atoms with E-state index in [1.165, 1.54) is 121 Å². The van der Waals surface area contributed by atoms with Crippen LogP contribution in [0.3, 0.4) is 0 Å². The number of unbranched alkanes of at least 4 members (excludes halogenated alkanes) is 19. The molecule has 1 amide bonds. The Balaban J connectivity index is 2.59. The number of aliphatic hydroxyl groups is 6. The number of nitrogens with one attached hydrogen (secondary N) is 1. The van der Waals surface area contributed by atoms with Gasteiger partial charge in [-0.05, 0) is 45.4 Å². The molecule has 7 N–H and O–H groups in total. The van der Waals surface area contributed by atoms with E-state index in [0.29, 0.717) is 6.42 Å². The number of carbonyl (C=O) groups is 1. The highest BCUT2D eigenvalue weighted by atomic mass is 16.7. The largest absolute Gasteiger partial charge is 0.394 e. The smallest absolute Gasteiger partial charge is 0.253 e. The Labute approximate surface area is 322 Å². The Bertz CT molecular complexity index is 971. The third-order valence-electron chi connectivity index (χ3n) is 10.2. The Kier molecular flexibility index (Phi) is 30.4. The summed E-state index contributed by atoms with van der Waals surface area (Å²) in [5.41, 5.74) is 1.35. The highest BCUT2D eigenvalue weighted by Crippen LogP contribution is 2.22. The average Bonchev–Trinajstić information content (AvgIpc) is 3.15. The quantitative estimate of drug-likeness (QED) is 0.0274. The fourth-order valence-electron chi connectivity index (χ4n) is 6.57. The maximum Gasteiger partial charge on any atom is 0.253 e. The van der Waals surface area contributed by atoms with Crippen LogP contribution in [0, 0.1) is 0 Å². The maximum atomic E-state index is 13.0. The Hall–Kier alpha value is -1.63. The average molecular weight is 754 g/mol. The lowest BCUT2D eigenvalue weighted by atomic mass is 9.99. The van der Waals surface area contributed by atoms with Gasteiger partial charge in [0.15, 0.2) is 12.4 Å². The molecule has 10 nitrogen and oxygen atoms in total. The van der Waals surface area contributed by atoms with Gasteiger partial charge in [0.1, 0.15) is 24.4 Å². The van der Waals surface area contributed by atoms with E-state index in [-0.39, 0.29) is 6.61 Å². The molecule has 1 aliphatic rings. The molecule has 1 heterocycles. The highest BCUT2D eigenvalue weighted by molar-refractivity contribution is 5.82. The van der Waals surface area contributed by atoms with E-state index in [1.54, 1.807) is 12.2 Å². The molecule has 53 heavy (non-hydrogen) atoms. The van der Waals surface area contributed by atoms with Crippen molar-refractivity contribution in [3.05, 3.63) is 36.0 Å². The number of ether oxygens (including phenoxy) is 2. The van der Waals surface area contributed by atoms with E-state index in [1.807, 2.05) is 6.08 Å². The van der Waals surface area contributed by atoms with Gasteiger partial charge in [-0.3, -0.25) is 4.79 Å². The van der Waals surface area contributed by atoms with E-state index in [0.717, 1.165) is 32.1 Å². The van der Waals surface area contributed by atoms with Crippen LogP contribution in [0.5, 0.6) is 0 Å². The minimum atomic E-state index is -1.62. The van der Waals surface area contributed by atoms with Gasteiger partial charge in [0.05, 0.1) is 25.4 Å². The number of hydrogen-bond donors (Lipinski definition) is 7. The second kappa shape index (κ2) is 32.6. The zero-order valence-corrected chi connectivity index (χ0v) is 33.6. The molecule has 1 rings (SSSR count). The fraction of sp³-hybridized carbons (Fsp3) is 0.837. The van der Waals surface area contributed by atoms with Crippen LogP contribution in [0.15, 0.2) is 36.0 Å². The van der Waals surface area contributed by atoms with Crippen molar-refractivity contribution in [2.24, 2.45) is 0 Å². The normalized spacial score (nSPS) is 22.8. The predicted octanol–water partition coefficient (Wildman–Crippen LogP) is 7.08. The fourth-order valence-corrected chi connectivity index (χ4v) is 6.57. The Morgan fingerprint density at radius 1 is 0.698 bits per heavy atom. The van der Waals surface area contributed by atoms with E-state index >= 15 is 0 Å². The summed E-state index contributed by atoms with van der Waals surface area (Å²) in [7, 11) is 0. The molecule has 0 aromatic rings. The number of hydrogen-bond acceptors (Lipinski definition) is 9. The first-order valence-electron chi connectivity index (χ1n) is 21.2. The van der Waals surface area contributed by atoms with Gasteiger partial charge in [-0.25, -0.2) is 0 Å². The molecular formula is C43H79NO9. The number of aliphatic hydroxyl groups excluding tert-OH is 6. The van der Waals surface area contributed by atoms with E-state index in [2.05, 4.69) is 32.2 Å². The SMILES string of the molecule is CCCCCCCCCCCCCC/C=C/[C@H](O)C(=O)N[C@@H](CO[C@@H]1O[C@H](CO)[C@H](O)C(O)C1O)[C@H](O)/C=C/CC/C=C(\C)CCCCCCCCC. The molecule has 1 fully saturated rings. The molecule has 8 atom stereocenters. The van der Waals surface area contributed by atoms with Crippen LogP contribution in [0.4, 0.5) is 0 Å². The summed E-state index contributed by atoms with van der Waals surface area (Å²) in [4.78, 5) is 13.0. The first kappa shape index (κ1) is 49.4. The monoisotopic (exact) mass is 754 g/mol. The third kappa shape index (κ3) is 23.8. The van der Waals surface area contributed by atoms with E-state index < -0.39 is 61.5 Å². The lowest BCUT2D eigenvalue weighted by Crippen LogP contribution is -2.60. The number of amides is 1. The molecule has 2 unspecified atom stereocenters. The highest BCUT2D eigenvalue weighted by Gasteiger charge is 2.44. The minimum absolute atomic E-state index is 0.341. The lowest BCUT2D eigenvalue weighted by molar-refractivity contribution is -0.302. The summed E-state index contributed by atoms with van der Waals surface area (Å²) in [6.07, 6.45) is 26.3. The van der Waals surface area contributed by atoms with Crippen LogP contribution in [0.25, 0.3) is 0 Å². The van der Waals surface area contributed by atoms with Gasteiger partial charge in [0.25, 0.3) is 5.91 Å². The molecule has 0 spiro atoms. The van der Waals surface area contributed by atoms with Crippen LogP contribution >= 0.6 is 0 Å². The maximum absolute atomic E-state index is 13.0. The van der Waals surface area contributed by atoms with E-state index in [4.69, 9.17) is 9.47 Å². The van der Waals surface area contributed by atoms with Crippen molar-refractivity contribution < 1.29 is 44.9 Å². The molecule has 0 aromatic heterocycles. The molecule has 10 heteroatoms. The zero-order valence-electron chi connectivity index (χ0n) is 33.6. The van der Waals surface area contributed by atoms with Crippen molar-refractivity contribution >= 4 is 5.91 Å². The van der Waals surface area contributed by atoms with Crippen LogP contribution in [-0.4, -0.2) is 98.7 Å². The summed E-state index contributed by atoms with van der Waals surface area (Å²) >= 11 is 0. The number of rotatable bonds is 33. The van der Waals surface area contributed by atoms with Crippen molar-refractivity contribution in [1.29, 1.82) is 0 Å². The third-order valence-corrected chi connectivity index (χ3v) is 10.2. The van der Waals surface area contributed by atoms with Crippen molar-refractivity contribution in [2.45, 2.75) is 217 Å². The molecule has 1 saturated heterocycles. The van der Waals surface area contributed by atoms with Gasteiger partial charge in [-0.15, -0.1) is 0 Å². The van der Waals surface area contributed by atoms with Crippen molar-refractivity contribution in [1.82, 2.24) is 5.32 Å². The summed E-state index contributed by atoms with van der Waals surface area (Å²) in [6, 6.07) is -1.03. The molecule has 1 aliphatic heterocycles. The summed E-state index contributed by atoms with van der Waals surface area (Å²) in [5.74, 6) is -0.713. The van der Waals surface area contributed by atoms with Gasteiger partial charge in [-0.1, -0.05) is 159 Å². The molecular weight excluding hydrogens is 674 g/mol. The molecule has 0 radical (unpaired) electrons. The van der Waals surface area contributed by atoms with E-state index in [9.17, 15) is 35.4 Å². The summed E-state index contributed by atoms with van der Waals surface area (Å²) in [5, 5.41) is 64.4. The van der Waals surface area contributed by atoms with Gasteiger partial charge in [0.2, 0.25) is 0 Å². The van der Waals surface area contributed by atoms with Gasteiger partial charge in [-0.2, -0.15) is 0 Å². The molecule has 0 saturated carbocycles. The minimum Gasteiger partial charge on any atom is -0.394 e. The van der Waals surface area contributed by atoms with Crippen LogP contribution in [-0.2, 0) is 14.3 Å². The molecule has 0 aromatic carbocycles. The topological polar surface area (TPSA) is 169 Å². The lowest BCUT2D eigenvalue weighted by Gasteiger charge is -2.40. The van der Waals surface area contributed by atoms with Crippen LogP contribution in [0.2, 0.25) is 0 Å². The number of carbonyl (C=O) groups excluding carboxylic acids is 1. The van der Waals surface area contributed by atoms with Crippen molar-refractivity contribution in [2.75, 3.05) is 13.2 Å². The first-order chi connectivity index (χ1) is 25.7. The van der Waals surface area contributed by atoms with Crippen LogP contribution < -0.4 is 5.32 Å². The standard InChI is InChI=1S/C43H79NO9/c1-4-6-8-10-12-13-14-15-16-17-18-20-22-26-31-37(47)42(51)44-35(33-52-43-41(50)40(49)39(48)38(32-45)53-43)36(46)30-27-23-25-29-34(3)28-24-21-19-11-9-7-5-2/h26-27,29-31,35-41,43,45-50H,4-25,28,32-33H2,1-3H3,(H,44,51)/b30-27+,31-26+,34-29+/t35-,36+,37-,38+,39-,40?,41?,43+/m0/s1. The molecule has 310 valence electrons. The second-order valence-corrected chi connectivity index (χ2v) is 15.1. The Morgan fingerprint density at radius 2 is 1.23 bits per heavy atom. The summed E-state index contributed by atoms with van der Waals surface area (Å²) in [6.45, 7) is 5.67. The van der Waals surface area contributed by atoms with Gasteiger partial charge < -0.3 is 45.4 Å². The predicted molar refractivity (Wildman–Crippen MR) is 213 cm³/mol. The Morgan fingerprint density at radius 3 is 1.79 bits per heavy atom. The first-order valence-corrected chi connectivity index (χ1v) is 21.2. The second-order valence-electron chi connectivity index (χ2n) is 15.1.